The van der Waals surface area contributed by atoms with Crippen molar-refractivity contribution in [2.45, 2.75) is 51.0 Å². The number of carbonyl (C=O) groups is 3. The van der Waals surface area contributed by atoms with Gasteiger partial charge in [0.25, 0.3) is 5.91 Å². The Balaban J connectivity index is 1.19. The van der Waals surface area contributed by atoms with Crippen LogP contribution in [0.2, 0.25) is 0 Å². The maximum absolute atomic E-state index is 12.7. The minimum absolute atomic E-state index is 0.132. The zero-order chi connectivity index (χ0) is 24.5. The largest absolute Gasteiger partial charge is 0.349 e. The number of para-hydroxylation sites is 1. The van der Waals surface area contributed by atoms with Crippen LogP contribution in [0, 0.1) is 0 Å². The van der Waals surface area contributed by atoms with Crippen LogP contribution in [0.25, 0.3) is 0 Å². The van der Waals surface area contributed by atoms with Gasteiger partial charge in [-0.2, -0.15) is 0 Å². The van der Waals surface area contributed by atoms with Gasteiger partial charge in [-0.15, -0.1) is 0 Å². The van der Waals surface area contributed by atoms with Crippen LogP contribution in [0.5, 0.6) is 0 Å². The predicted molar refractivity (Wildman–Crippen MR) is 137 cm³/mol. The third-order valence-corrected chi connectivity index (χ3v) is 6.93. The number of amides is 3. The first-order valence-electron chi connectivity index (χ1n) is 12.8. The molecule has 0 aromatic heterocycles. The molecule has 4 rings (SSSR count). The second-order valence-electron chi connectivity index (χ2n) is 9.54. The molecule has 3 amide bonds. The number of nitrogens with zero attached hydrogens (tertiary/aromatic N) is 2. The third kappa shape index (κ3) is 7.39. The Bertz CT molecular complexity index is 996. The molecule has 2 aromatic rings. The normalized spacial score (nSPS) is 16.7. The van der Waals surface area contributed by atoms with E-state index in [2.05, 4.69) is 27.7 Å². The predicted octanol–water partition coefficient (Wildman–Crippen LogP) is 3.46. The molecule has 1 saturated carbocycles. The third-order valence-electron chi connectivity index (χ3n) is 6.93. The Morgan fingerprint density at radius 2 is 1.54 bits per heavy atom. The molecule has 2 N–H and O–H groups in total. The van der Waals surface area contributed by atoms with Crippen LogP contribution in [0.1, 0.15) is 54.4 Å². The molecule has 7 nitrogen and oxygen atoms in total. The SMILES string of the molecule is O=C(CN1CCN(C(=O)CCCc2ccccc2)CC1)Nc1ccccc1C(=O)NC1CCCC1. The van der Waals surface area contributed by atoms with Gasteiger partial charge in [0, 0.05) is 38.6 Å². The molecule has 2 fully saturated rings. The van der Waals surface area contributed by atoms with Gasteiger partial charge in [0.2, 0.25) is 11.8 Å². The summed E-state index contributed by atoms with van der Waals surface area (Å²) >= 11 is 0. The minimum Gasteiger partial charge on any atom is -0.349 e. The van der Waals surface area contributed by atoms with Gasteiger partial charge in [-0.3, -0.25) is 19.3 Å². The van der Waals surface area contributed by atoms with Crippen molar-refractivity contribution in [3.05, 3.63) is 65.7 Å². The fourth-order valence-electron chi connectivity index (χ4n) is 4.92. The van der Waals surface area contributed by atoms with Gasteiger partial charge in [-0.25, -0.2) is 0 Å². The molecule has 1 aliphatic carbocycles. The summed E-state index contributed by atoms with van der Waals surface area (Å²) in [5.41, 5.74) is 2.30. The Morgan fingerprint density at radius 1 is 0.857 bits per heavy atom. The highest BCUT2D eigenvalue weighted by atomic mass is 16.2. The Labute approximate surface area is 207 Å². The van der Waals surface area contributed by atoms with E-state index >= 15 is 0 Å². The summed E-state index contributed by atoms with van der Waals surface area (Å²) in [6.45, 7) is 2.85. The summed E-state index contributed by atoms with van der Waals surface area (Å²) in [7, 11) is 0. The molecule has 2 aromatic carbocycles. The molecule has 0 spiro atoms. The maximum atomic E-state index is 12.7. The van der Waals surface area contributed by atoms with E-state index in [0.29, 0.717) is 43.9 Å². The molecule has 0 unspecified atom stereocenters. The van der Waals surface area contributed by atoms with Gasteiger partial charge >= 0.3 is 0 Å². The van der Waals surface area contributed by atoms with Gasteiger partial charge < -0.3 is 15.5 Å². The number of hydrogen-bond acceptors (Lipinski definition) is 4. The van der Waals surface area contributed by atoms with Crippen LogP contribution in [0.3, 0.4) is 0 Å². The van der Waals surface area contributed by atoms with Crippen LogP contribution in [0.4, 0.5) is 5.69 Å². The van der Waals surface area contributed by atoms with Crippen molar-refractivity contribution in [3.63, 3.8) is 0 Å². The van der Waals surface area contributed by atoms with E-state index in [1.165, 1.54) is 5.56 Å². The molecule has 0 atom stereocenters. The number of rotatable bonds is 9. The molecule has 35 heavy (non-hydrogen) atoms. The number of carbonyl (C=O) groups excluding carboxylic acids is 3. The average molecular weight is 477 g/mol. The first kappa shape index (κ1) is 24.9. The molecule has 1 saturated heterocycles. The Kier molecular flexibility index (Phi) is 8.90. The number of anilines is 1. The number of aryl methyl sites for hydroxylation is 1. The van der Waals surface area contributed by atoms with Crippen molar-refractivity contribution < 1.29 is 14.4 Å². The summed E-state index contributed by atoms with van der Waals surface area (Å²) < 4.78 is 0. The zero-order valence-electron chi connectivity index (χ0n) is 20.4. The summed E-state index contributed by atoms with van der Waals surface area (Å²) in [5, 5.41) is 6.01. The average Bonchev–Trinajstić information content (AvgIpc) is 3.38. The van der Waals surface area contributed by atoms with E-state index in [4.69, 9.17) is 0 Å². The zero-order valence-corrected chi connectivity index (χ0v) is 20.4. The highest BCUT2D eigenvalue weighted by Gasteiger charge is 2.23. The van der Waals surface area contributed by atoms with Crippen molar-refractivity contribution in [3.8, 4) is 0 Å². The van der Waals surface area contributed by atoms with Crippen LogP contribution in [-0.2, 0) is 16.0 Å². The maximum Gasteiger partial charge on any atom is 0.253 e. The van der Waals surface area contributed by atoms with Crippen molar-refractivity contribution in [1.82, 2.24) is 15.1 Å². The molecule has 0 radical (unpaired) electrons. The monoisotopic (exact) mass is 476 g/mol. The first-order valence-corrected chi connectivity index (χ1v) is 12.8. The van der Waals surface area contributed by atoms with Crippen molar-refractivity contribution in [2.75, 3.05) is 38.0 Å². The molecule has 1 heterocycles. The number of nitrogens with one attached hydrogen (secondary N) is 2. The fraction of sp³-hybridized carbons (Fsp3) is 0.464. The van der Waals surface area contributed by atoms with Crippen LogP contribution in [-0.4, -0.2) is 66.3 Å². The lowest BCUT2D eigenvalue weighted by Crippen LogP contribution is -2.50. The molecule has 7 heteroatoms. The van der Waals surface area contributed by atoms with E-state index in [9.17, 15) is 14.4 Å². The van der Waals surface area contributed by atoms with Gasteiger partial charge in [0.05, 0.1) is 17.8 Å². The molecule has 0 bridgehead atoms. The molecule has 1 aliphatic heterocycles. The summed E-state index contributed by atoms with van der Waals surface area (Å²) in [6, 6.07) is 17.6. The van der Waals surface area contributed by atoms with Gasteiger partial charge in [-0.05, 0) is 43.4 Å². The number of benzene rings is 2. The van der Waals surface area contributed by atoms with Crippen LogP contribution < -0.4 is 10.6 Å². The van der Waals surface area contributed by atoms with Gasteiger partial charge in [0.15, 0.2) is 0 Å². The van der Waals surface area contributed by atoms with Crippen molar-refractivity contribution in [2.24, 2.45) is 0 Å². The summed E-state index contributed by atoms with van der Waals surface area (Å²) in [5.74, 6) is -0.0896. The van der Waals surface area contributed by atoms with Crippen molar-refractivity contribution >= 4 is 23.4 Å². The summed E-state index contributed by atoms with van der Waals surface area (Å²) in [6.07, 6.45) is 6.64. The topological polar surface area (TPSA) is 81.8 Å². The minimum atomic E-state index is -0.145. The van der Waals surface area contributed by atoms with E-state index in [1.807, 2.05) is 35.2 Å². The second kappa shape index (κ2) is 12.5. The smallest absolute Gasteiger partial charge is 0.253 e. The lowest BCUT2D eigenvalue weighted by Gasteiger charge is -2.34. The van der Waals surface area contributed by atoms with E-state index in [-0.39, 0.29) is 30.3 Å². The second-order valence-corrected chi connectivity index (χ2v) is 9.54. The number of piperazine rings is 1. The first-order chi connectivity index (χ1) is 17.1. The molecular weight excluding hydrogens is 440 g/mol. The lowest BCUT2D eigenvalue weighted by molar-refractivity contribution is -0.133. The van der Waals surface area contributed by atoms with Crippen molar-refractivity contribution in [1.29, 1.82) is 0 Å². The molecule has 186 valence electrons. The molecule has 2 aliphatic rings. The lowest BCUT2D eigenvalue weighted by atomic mass is 10.1. The van der Waals surface area contributed by atoms with E-state index in [0.717, 1.165) is 38.5 Å². The Morgan fingerprint density at radius 3 is 2.29 bits per heavy atom. The highest BCUT2D eigenvalue weighted by Crippen LogP contribution is 2.20. The quantitative estimate of drug-likeness (QED) is 0.581. The standard InChI is InChI=1S/C28H36N4O3/c33-26(30-25-15-7-6-14-24(25)28(35)29-23-12-4-5-13-23)21-31-17-19-32(20-18-31)27(34)16-8-11-22-9-2-1-3-10-22/h1-3,6-7,9-10,14-15,23H,4-5,8,11-13,16-21H2,(H,29,35)(H,30,33). The van der Waals surface area contributed by atoms with Crippen LogP contribution in [0.15, 0.2) is 54.6 Å². The fourth-order valence-corrected chi connectivity index (χ4v) is 4.92. The van der Waals surface area contributed by atoms with Gasteiger partial charge in [-0.1, -0.05) is 55.3 Å². The van der Waals surface area contributed by atoms with Gasteiger partial charge in [0.1, 0.15) is 0 Å². The van der Waals surface area contributed by atoms with E-state index < -0.39 is 0 Å². The Hall–Kier alpha value is -3.19. The number of hydrogen-bond donors (Lipinski definition) is 2. The highest BCUT2D eigenvalue weighted by molar-refractivity contribution is 6.04. The van der Waals surface area contributed by atoms with E-state index in [1.54, 1.807) is 12.1 Å². The van der Waals surface area contributed by atoms with Crippen LogP contribution >= 0.6 is 0 Å². The summed E-state index contributed by atoms with van der Waals surface area (Å²) in [4.78, 5) is 42.0. The molecular formula is C28H36N4O3.